The Morgan fingerprint density at radius 2 is 1.12 bits per heavy atom. The molecule has 0 N–H and O–H groups in total. The van der Waals surface area contributed by atoms with Crippen molar-refractivity contribution < 1.29 is 29.9 Å². The molecule has 4 aromatic rings. The van der Waals surface area contributed by atoms with Gasteiger partial charge in [0.05, 0.1) is 11.8 Å². The Balaban J connectivity index is 0.000000209. The number of benzene rings is 2. The Morgan fingerprint density at radius 1 is 0.667 bits per heavy atom. The van der Waals surface area contributed by atoms with Gasteiger partial charge in [0.1, 0.15) is 0 Å². The van der Waals surface area contributed by atoms with E-state index in [-0.39, 0.29) is 66.7 Å². The number of carbonyl (C=O) groups is 2. The standard InChI is InChI=1S/C20H20N2O2.C20H24N2.Al.Li.4H/c1-20(15-10-5-11-21-13-15)16-17(20)19(24)22(18(16)23)12-6-9-14-7-3-2-4-8-14;1-20(17-10-5-11-21-13-17)18-14-22(15-19(18)20)12-6-9-16-7-3-2-4-8-16;;;;;;/h2-5,7-8,10-11,13,16-17H,6,9,12H2,1H3;2-5,7-8,10-11,13,18-19H,6,9,12,14-15H2,1H3;;;;;;/q;;;+1;;;;-1. The van der Waals surface area contributed by atoms with E-state index in [2.05, 4.69) is 82.6 Å². The van der Waals surface area contributed by atoms with Gasteiger partial charge in [-0.15, -0.1) is 0 Å². The van der Waals surface area contributed by atoms with Crippen LogP contribution in [-0.2, 0) is 33.3 Å². The molecule has 2 aliphatic heterocycles. The van der Waals surface area contributed by atoms with Crippen LogP contribution >= 0.6 is 0 Å². The molecule has 4 fully saturated rings. The third-order valence-corrected chi connectivity index (χ3v) is 11.4. The number of carbonyl (C=O) groups excluding carboxylic acids is 2. The molecule has 2 aromatic carbocycles. The van der Waals surface area contributed by atoms with Crippen LogP contribution in [0.2, 0.25) is 0 Å². The van der Waals surface area contributed by atoms with Gasteiger partial charge in [-0.1, -0.05) is 86.6 Å². The van der Waals surface area contributed by atoms with Crippen molar-refractivity contribution in [3.8, 4) is 0 Å². The smallest absolute Gasteiger partial charge is 1.00 e. The quantitative estimate of drug-likeness (QED) is 0.194. The number of imide groups is 1. The van der Waals surface area contributed by atoms with Gasteiger partial charge in [0.25, 0.3) is 0 Å². The van der Waals surface area contributed by atoms with Crippen LogP contribution in [0.1, 0.15) is 50.4 Å². The molecule has 8 heteroatoms. The first-order chi connectivity index (χ1) is 22.4. The zero-order valence-corrected chi connectivity index (χ0v) is 28.0. The normalized spacial score (nSPS) is 27.9. The Bertz CT molecular complexity index is 1630. The number of likely N-dealkylation sites (tertiary alicyclic amines) is 2. The Labute approximate surface area is 309 Å². The molecule has 2 saturated heterocycles. The molecular formula is C40H48AlLiN4O2. The van der Waals surface area contributed by atoms with Crippen molar-refractivity contribution in [2.24, 2.45) is 23.7 Å². The molecule has 2 amide bonds. The van der Waals surface area contributed by atoms with Crippen LogP contribution in [0.5, 0.6) is 0 Å². The van der Waals surface area contributed by atoms with E-state index in [1.54, 1.807) is 12.4 Å². The van der Waals surface area contributed by atoms with E-state index in [9.17, 15) is 9.59 Å². The number of rotatable bonds is 10. The minimum Gasteiger partial charge on any atom is -1.00 e. The van der Waals surface area contributed by atoms with Crippen molar-refractivity contribution in [3.63, 3.8) is 0 Å². The van der Waals surface area contributed by atoms with Gasteiger partial charge in [-0.3, -0.25) is 24.5 Å². The summed E-state index contributed by atoms with van der Waals surface area (Å²) in [5.41, 5.74) is 5.16. The Kier molecular flexibility index (Phi) is 11.5. The average molecular weight is 651 g/mol. The average Bonchev–Trinajstić information content (AvgIpc) is 3.74. The van der Waals surface area contributed by atoms with Crippen LogP contribution in [0.15, 0.2) is 110 Å². The summed E-state index contributed by atoms with van der Waals surface area (Å²) in [6, 6.07) is 29.2. The first kappa shape index (κ1) is 36.3. The molecule has 244 valence electrons. The molecule has 4 atom stereocenters. The number of hydrogen-bond acceptors (Lipinski definition) is 5. The monoisotopic (exact) mass is 650 g/mol. The molecule has 4 unspecified atom stereocenters. The zero-order chi connectivity index (χ0) is 31.7. The molecule has 4 aliphatic rings. The van der Waals surface area contributed by atoms with Gasteiger partial charge < -0.3 is 6.33 Å². The van der Waals surface area contributed by atoms with Crippen LogP contribution in [0.25, 0.3) is 0 Å². The van der Waals surface area contributed by atoms with Crippen molar-refractivity contribution in [1.29, 1.82) is 0 Å². The third kappa shape index (κ3) is 6.87. The van der Waals surface area contributed by atoms with E-state index in [1.807, 2.05) is 43.5 Å². The molecule has 6 nitrogen and oxygen atoms in total. The fraction of sp³-hybridized carbons (Fsp3) is 0.400. The third-order valence-electron chi connectivity index (χ3n) is 11.4. The molecule has 0 bridgehead atoms. The van der Waals surface area contributed by atoms with Crippen molar-refractivity contribution in [3.05, 3.63) is 132 Å². The number of amides is 2. The number of piperidine rings is 2. The number of aromatic nitrogens is 2. The van der Waals surface area contributed by atoms with E-state index in [0.29, 0.717) is 12.0 Å². The molecule has 8 rings (SSSR count). The summed E-state index contributed by atoms with van der Waals surface area (Å²) in [5.74, 6) is 1.26. The van der Waals surface area contributed by atoms with E-state index < -0.39 is 0 Å². The molecule has 2 aliphatic carbocycles. The second kappa shape index (κ2) is 15.2. The van der Waals surface area contributed by atoms with Crippen LogP contribution in [0.4, 0.5) is 0 Å². The van der Waals surface area contributed by atoms with Gasteiger partial charge in [-0.25, -0.2) is 0 Å². The fourth-order valence-electron chi connectivity index (χ4n) is 8.51. The number of fused-ring (bicyclic) bond motifs is 2. The van der Waals surface area contributed by atoms with E-state index in [4.69, 9.17) is 0 Å². The minimum absolute atomic E-state index is 0. The summed E-state index contributed by atoms with van der Waals surface area (Å²) in [4.78, 5) is 37.9. The van der Waals surface area contributed by atoms with E-state index in [0.717, 1.165) is 30.2 Å². The van der Waals surface area contributed by atoms with E-state index >= 15 is 0 Å². The summed E-state index contributed by atoms with van der Waals surface area (Å²) in [6.07, 6.45) is 11.6. The Morgan fingerprint density at radius 3 is 1.58 bits per heavy atom. The topological polar surface area (TPSA) is 66.4 Å². The largest absolute Gasteiger partial charge is 1.00 e. The van der Waals surface area contributed by atoms with Crippen molar-refractivity contribution in [2.45, 2.75) is 50.4 Å². The molecular weight excluding hydrogens is 602 g/mol. The molecule has 0 radical (unpaired) electrons. The summed E-state index contributed by atoms with van der Waals surface area (Å²) >= 11 is 0. The van der Waals surface area contributed by atoms with Gasteiger partial charge >= 0.3 is 18.9 Å². The van der Waals surface area contributed by atoms with Crippen LogP contribution in [-0.4, -0.2) is 75.1 Å². The molecule has 48 heavy (non-hydrogen) atoms. The summed E-state index contributed by atoms with van der Waals surface area (Å²) in [6.45, 7) is 8.74. The summed E-state index contributed by atoms with van der Waals surface area (Å²) < 4.78 is 0. The SMILES string of the molecule is CC1(c2cccnc2)C2C(=O)N(CCCc3ccccc3)C(=O)C21.CC1(c2cccnc2)C2CN(CCCc3ccccc3)CC21.[AlH3].[H-].[Li+]. The Hall–Kier alpha value is -3.03. The first-order valence-corrected chi connectivity index (χ1v) is 16.9. The predicted molar refractivity (Wildman–Crippen MR) is 191 cm³/mol. The van der Waals surface area contributed by atoms with E-state index in [1.165, 1.54) is 54.1 Å². The van der Waals surface area contributed by atoms with Crippen molar-refractivity contribution in [1.82, 2.24) is 19.8 Å². The molecule has 2 aromatic heterocycles. The summed E-state index contributed by atoms with van der Waals surface area (Å²) in [5, 5.41) is 0. The number of hydrogen-bond donors (Lipinski definition) is 0. The van der Waals surface area contributed by atoms with Gasteiger partial charge in [0.2, 0.25) is 11.8 Å². The molecule has 0 spiro atoms. The second-order valence-corrected chi connectivity index (χ2v) is 14.0. The first-order valence-electron chi connectivity index (χ1n) is 16.9. The number of aryl methyl sites for hydroxylation is 2. The van der Waals surface area contributed by atoms with Gasteiger partial charge in [0.15, 0.2) is 17.4 Å². The van der Waals surface area contributed by atoms with Crippen LogP contribution in [0.3, 0.4) is 0 Å². The second-order valence-electron chi connectivity index (χ2n) is 14.0. The maximum atomic E-state index is 12.7. The maximum absolute atomic E-state index is 12.7. The van der Waals surface area contributed by atoms with Crippen molar-refractivity contribution in [2.75, 3.05) is 26.2 Å². The summed E-state index contributed by atoms with van der Waals surface area (Å²) in [7, 11) is 0. The number of nitrogens with zero attached hydrogens (tertiary/aromatic N) is 4. The van der Waals surface area contributed by atoms with Crippen LogP contribution < -0.4 is 18.9 Å². The number of pyridine rings is 2. The van der Waals surface area contributed by atoms with Gasteiger partial charge in [0, 0.05) is 55.3 Å². The minimum atomic E-state index is -0.363. The maximum Gasteiger partial charge on any atom is 1.00 e. The fourth-order valence-corrected chi connectivity index (χ4v) is 8.51. The molecule has 4 heterocycles. The van der Waals surface area contributed by atoms with Gasteiger partial charge in [-0.2, -0.15) is 0 Å². The molecule has 2 saturated carbocycles. The van der Waals surface area contributed by atoms with Gasteiger partial charge in [-0.05, 0) is 78.5 Å². The predicted octanol–water partition coefficient (Wildman–Crippen LogP) is 2.05. The van der Waals surface area contributed by atoms with Crippen LogP contribution in [0, 0.1) is 23.7 Å². The zero-order valence-electron chi connectivity index (χ0n) is 29.0. The van der Waals surface area contributed by atoms with Crippen molar-refractivity contribution >= 4 is 29.2 Å².